The van der Waals surface area contributed by atoms with Gasteiger partial charge in [0.1, 0.15) is 0 Å². The van der Waals surface area contributed by atoms with Crippen LogP contribution in [0.15, 0.2) is 59.1 Å². The first-order valence-electron chi connectivity index (χ1n) is 9.31. The number of carbonyl (C=O) groups excluding carboxylic acids is 2. The minimum Gasteiger partial charge on any atom is -0.467 e. The number of methoxy groups -OCH3 is 1. The molecule has 0 spiro atoms. The molecule has 1 unspecified atom stereocenters. The average Bonchev–Trinajstić information content (AvgIpc) is 2.77. The second-order valence-corrected chi connectivity index (χ2v) is 7.46. The molecular weight excluding hydrogens is 436 g/mol. The highest BCUT2D eigenvalue weighted by atomic mass is 79.9. The summed E-state index contributed by atoms with van der Waals surface area (Å²) >= 11 is 3.36. The van der Waals surface area contributed by atoms with Crippen LogP contribution in [0.2, 0.25) is 0 Å². The van der Waals surface area contributed by atoms with Crippen molar-refractivity contribution in [2.45, 2.75) is 6.04 Å². The van der Waals surface area contributed by atoms with Crippen LogP contribution in [-0.2, 0) is 19.1 Å². The summed E-state index contributed by atoms with van der Waals surface area (Å²) in [5.41, 5.74) is 2.68. The molecule has 7 heteroatoms. The van der Waals surface area contributed by atoms with E-state index in [1.165, 1.54) is 13.2 Å². The Morgan fingerprint density at radius 1 is 1.10 bits per heavy atom. The lowest BCUT2D eigenvalue weighted by Crippen LogP contribution is -2.36. The number of hydrogen-bond acceptors (Lipinski definition) is 5. The fourth-order valence-corrected chi connectivity index (χ4v) is 3.30. The van der Waals surface area contributed by atoms with E-state index in [1.807, 2.05) is 36.4 Å². The Balaban J connectivity index is 1.63. The zero-order chi connectivity index (χ0) is 20.6. The Morgan fingerprint density at radius 2 is 1.76 bits per heavy atom. The summed E-state index contributed by atoms with van der Waals surface area (Å²) in [5, 5.41) is 2.70. The largest absolute Gasteiger partial charge is 0.467 e. The van der Waals surface area contributed by atoms with Crippen LogP contribution in [0.25, 0.3) is 6.08 Å². The van der Waals surface area contributed by atoms with Crippen molar-refractivity contribution in [2.75, 3.05) is 38.3 Å². The number of ether oxygens (including phenoxy) is 2. The van der Waals surface area contributed by atoms with Crippen LogP contribution in [0.1, 0.15) is 17.2 Å². The van der Waals surface area contributed by atoms with E-state index < -0.39 is 12.0 Å². The number of esters is 1. The van der Waals surface area contributed by atoms with Crippen LogP contribution in [0.3, 0.4) is 0 Å². The van der Waals surface area contributed by atoms with E-state index in [9.17, 15) is 9.59 Å². The number of hydrogen-bond donors (Lipinski definition) is 1. The van der Waals surface area contributed by atoms with Crippen molar-refractivity contribution in [3.8, 4) is 0 Å². The summed E-state index contributed by atoms with van der Waals surface area (Å²) in [5.74, 6) is -0.899. The molecule has 152 valence electrons. The molecule has 0 aliphatic carbocycles. The molecule has 1 aliphatic heterocycles. The molecule has 0 saturated carbocycles. The number of nitrogens with zero attached hydrogens (tertiary/aromatic N) is 1. The highest BCUT2D eigenvalue weighted by Gasteiger charge is 2.22. The molecule has 1 N–H and O–H groups in total. The molecule has 1 atom stereocenters. The molecule has 0 bridgehead atoms. The first-order valence-corrected chi connectivity index (χ1v) is 10.1. The van der Waals surface area contributed by atoms with E-state index in [2.05, 4.69) is 26.1 Å². The molecule has 0 radical (unpaired) electrons. The zero-order valence-electron chi connectivity index (χ0n) is 16.1. The van der Waals surface area contributed by atoms with Gasteiger partial charge >= 0.3 is 5.97 Å². The second kappa shape index (κ2) is 10.2. The molecule has 3 rings (SSSR count). The molecule has 6 nitrogen and oxygen atoms in total. The number of morpholine rings is 1. The SMILES string of the molecule is COC(=O)C(NC(=O)/C=C/c1ccc(N2CCOCC2)cc1)c1ccc(Br)cc1. The van der Waals surface area contributed by atoms with E-state index in [0.717, 1.165) is 42.0 Å². The van der Waals surface area contributed by atoms with Crippen LogP contribution >= 0.6 is 15.9 Å². The Kier molecular flexibility index (Phi) is 7.43. The van der Waals surface area contributed by atoms with Gasteiger partial charge in [0, 0.05) is 29.3 Å². The molecule has 2 aromatic rings. The van der Waals surface area contributed by atoms with E-state index in [4.69, 9.17) is 9.47 Å². The number of halogens is 1. The number of rotatable bonds is 6. The average molecular weight is 459 g/mol. The third kappa shape index (κ3) is 5.92. The lowest BCUT2D eigenvalue weighted by molar-refractivity contribution is -0.144. The van der Waals surface area contributed by atoms with Crippen molar-refractivity contribution in [1.29, 1.82) is 0 Å². The van der Waals surface area contributed by atoms with Crippen molar-refractivity contribution < 1.29 is 19.1 Å². The maximum Gasteiger partial charge on any atom is 0.333 e. The smallest absolute Gasteiger partial charge is 0.333 e. The van der Waals surface area contributed by atoms with Crippen molar-refractivity contribution in [2.24, 2.45) is 0 Å². The molecule has 1 saturated heterocycles. The summed E-state index contributed by atoms with van der Waals surface area (Å²) in [7, 11) is 1.30. The van der Waals surface area contributed by atoms with Gasteiger partial charge < -0.3 is 19.7 Å². The Labute approximate surface area is 178 Å². The predicted octanol–water partition coefficient (Wildman–Crippen LogP) is 3.33. The summed E-state index contributed by atoms with van der Waals surface area (Å²) in [6.45, 7) is 3.23. The van der Waals surface area contributed by atoms with Crippen LogP contribution in [0.5, 0.6) is 0 Å². The summed E-state index contributed by atoms with van der Waals surface area (Å²) < 4.78 is 11.1. The molecule has 1 fully saturated rings. The van der Waals surface area contributed by atoms with Gasteiger partial charge in [-0.1, -0.05) is 40.2 Å². The van der Waals surface area contributed by atoms with Crippen LogP contribution in [0, 0.1) is 0 Å². The van der Waals surface area contributed by atoms with Crippen LogP contribution in [0.4, 0.5) is 5.69 Å². The van der Waals surface area contributed by atoms with Gasteiger partial charge in [0.25, 0.3) is 0 Å². The van der Waals surface area contributed by atoms with Gasteiger partial charge in [-0.15, -0.1) is 0 Å². The first-order chi connectivity index (χ1) is 14.1. The van der Waals surface area contributed by atoms with Gasteiger partial charge in [-0.3, -0.25) is 4.79 Å². The van der Waals surface area contributed by atoms with Gasteiger partial charge in [-0.2, -0.15) is 0 Å². The fraction of sp³-hybridized carbons (Fsp3) is 0.273. The molecule has 29 heavy (non-hydrogen) atoms. The third-order valence-corrected chi connectivity index (χ3v) is 5.15. The van der Waals surface area contributed by atoms with Gasteiger partial charge in [-0.25, -0.2) is 4.79 Å². The lowest BCUT2D eigenvalue weighted by atomic mass is 10.1. The van der Waals surface area contributed by atoms with E-state index in [0.29, 0.717) is 5.56 Å². The van der Waals surface area contributed by atoms with E-state index >= 15 is 0 Å². The van der Waals surface area contributed by atoms with Crippen molar-refractivity contribution in [3.63, 3.8) is 0 Å². The molecule has 1 aliphatic rings. The fourth-order valence-electron chi connectivity index (χ4n) is 3.03. The maximum absolute atomic E-state index is 12.4. The normalized spacial score (nSPS) is 15.2. The van der Waals surface area contributed by atoms with Gasteiger partial charge in [-0.05, 0) is 41.5 Å². The van der Waals surface area contributed by atoms with Crippen molar-refractivity contribution >= 4 is 39.6 Å². The third-order valence-electron chi connectivity index (χ3n) is 4.62. The van der Waals surface area contributed by atoms with Crippen molar-refractivity contribution in [3.05, 3.63) is 70.2 Å². The molecule has 2 aromatic carbocycles. The highest BCUT2D eigenvalue weighted by Crippen LogP contribution is 2.19. The molecule has 1 amide bonds. The van der Waals surface area contributed by atoms with Gasteiger partial charge in [0.15, 0.2) is 6.04 Å². The minimum absolute atomic E-state index is 0.374. The van der Waals surface area contributed by atoms with Crippen LogP contribution in [-0.4, -0.2) is 45.3 Å². The summed E-state index contributed by atoms with van der Waals surface area (Å²) in [4.78, 5) is 26.7. The maximum atomic E-state index is 12.4. The number of anilines is 1. The number of benzene rings is 2. The van der Waals surface area contributed by atoms with E-state index in [-0.39, 0.29) is 5.91 Å². The quantitative estimate of drug-likeness (QED) is 0.531. The van der Waals surface area contributed by atoms with Crippen molar-refractivity contribution in [1.82, 2.24) is 5.32 Å². The molecular formula is C22H23BrN2O4. The monoisotopic (exact) mass is 458 g/mol. The Morgan fingerprint density at radius 3 is 2.38 bits per heavy atom. The number of nitrogens with one attached hydrogen (secondary N) is 1. The van der Waals surface area contributed by atoms with E-state index in [1.54, 1.807) is 18.2 Å². The summed E-state index contributed by atoms with van der Waals surface area (Å²) in [6.07, 6.45) is 3.13. The van der Waals surface area contributed by atoms with Gasteiger partial charge in [0.2, 0.25) is 5.91 Å². The predicted molar refractivity (Wildman–Crippen MR) is 116 cm³/mol. The summed E-state index contributed by atoms with van der Waals surface area (Å²) in [6, 6.07) is 14.3. The highest BCUT2D eigenvalue weighted by molar-refractivity contribution is 9.10. The number of carbonyl (C=O) groups is 2. The molecule has 1 heterocycles. The van der Waals surface area contributed by atoms with Gasteiger partial charge in [0.05, 0.1) is 20.3 Å². The first kappa shape index (κ1) is 21.1. The van der Waals surface area contributed by atoms with Crippen LogP contribution < -0.4 is 10.2 Å². The Bertz CT molecular complexity index is 859. The topological polar surface area (TPSA) is 67.9 Å². The standard InChI is InChI=1S/C22H23BrN2O4/c1-28-22(27)21(17-5-7-18(23)8-6-17)24-20(26)11-4-16-2-9-19(10-3-16)25-12-14-29-15-13-25/h2-11,21H,12-15H2,1H3,(H,24,26)/b11-4+. The zero-order valence-corrected chi connectivity index (χ0v) is 17.7. The second-order valence-electron chi connectivity index (χ2n) is 6.54. The number of amides is 1. The lowest BCUT2D eigenvalue weighted by Gasteiger charge is -2.28. The molecule has 0 aromatic heterocycles. The Hall–Kier alpha value is -2.64. The minimum atomic E-state index is -0.867.